The summed E-state index contributed by atoms with van der Waals surface area (Å²) in [7, 11) is 0. The summed E-state index contributed by atoms with van der Waals surface area (Å²) in [5.74, 6) is 1.46. The second-order valence-electron chi connectivity index (χ2n) is 4.78. The minimum absolute atomic E-state index is 0.0347. The average Bonchev–Trinajstić information content (AvgIpc) is 2.58. The highest BCUT2D eigenvalue weighted by atomic mass is 16.5. The Bertz CT molecular complexity index is 371. The second kappa shape index (κ2) is 3.92. The SMILES string of the molecule is CC(C)C1(C)N=C(C2=CCCCO2)NC1=O. The lowest BCUT2D eigenvalue weighted by Gasteiger charge is -2.21. The van der Waals surface area contributed by atoms with Crippen LogP contribution in [-0.2, 0) is 9.53 Å². The summed E-state index contributed by atoms with van der Waals surface area (Å²) in [5.41, 5.74) is -0.656. The highest BCUT2D eigenvalue weighted by Gasteiger charge is 2.42. The van der Waals surface area contributed by atoms with Crippen LogP contribution in [0.4, 0.5) is 0 Å². The fourth-order valence-corrected chi connectivity index (χ4v) is 1.78. The van der Waals surface area contributed by atoms with Crippen molar-refractivity contribution in [2.75, 3.05) is 6.61 Å². The third kappa shape index (κ3) is 1.72. The van der Waals surface area contributed by atoms with E-state index in [1.54, 1.807) is 0 Å². The van der Waals surface area contributed by atoms with Gasteiger partial charge in [0.15, 0.2) is 11.6 Å². The van der Waals surface area contributed by atoms with Gasteiger partial charge in [-0.05, 0) is 31.8 Å². The van der Waals surface area contributed by atoms with Crippen molar-refractivity contribution in [2.24, 2.45) is 10.9 Å². The smallest absolute Gasteiger partial charge is 0.253 e. The van der Waals surface area contributed by atoms with E-state index in [0.717, 1.165) is 18.6 Å². The average molecular weight is 222 g/mol. The molecule has 2 heterocycles. The van der Waals surface area contributed by atoms with Crippen molar-refractivity contribution in [1.29, 1.82) is 0 Å². The maximum Gasteiger partial charge on any atom is 0.253 e. The van der Waals surface area contributed by atoms with Crippen molar-refractivity contribution < 1.29 is 9.53 Å². The monoisotopic (exact) mass is 222 g/mol. The van der Waals surface area contributed by atoms with Crippen molar-refractivity contribution in [3.63, 3.8) is 0 Å². The molecule has 1 unspecified atom stereocenters. The molecular formula is C12H18N2O2. The van der Waals surface area contributed by atoms with Crippen LogP contribution in [0.2, 0.25) is 0 Å². The van der Waals surface area contributed by atoms with Crippen LogP contribution in [-0.4, -0.2) is 23.9 Å². The van der Waals surface area contributed by atoms with Gasteiger partial charge in [0.05, 0.1) is 6.61 Å². The van der Waals surface area contributed by atoms with Crippen LogP contribution < -0.4 is 5.32 Å². The van der Waals surface area contributed by atoms with E-state index in [1.165, 1.54) is 0 Å². The van der Waals surface area contributed by atoms with Gasteiger partial charge in [-0.3, -0.25) is 4.79 Å². The van der Waals surface area contributed by atoms with Gasteiger partial charge in [-0.25, -0.2) is 4.99 Å². The Morgan fingerprint density at radius 2 is 2.31 bits per heavy atom. The van der Waals surface area contributed by atoms with Gasteiger partial charge in [-0.15, -0.1) is 0 Å². The summed E-state index contributed by atoms with van der Waals surface area (Å²) in [6.45, 7) is 6.58. The Hall–Kier alpha value is -1.32. The third-order valence-electron chi connectivity index (χ3n) is 3.33. The Kier molecular flexibility index (Phi) is 2.74. The van der Waals surface area contributed by atoms with Gasteiger partial charge >= 0.3 is 0 Å². The first kappa shape index (κ1) is 11.2. The summed E-state index contributed by atoms with van der Waals surface area (Å²) in [6, 6.07) is 0. The Labute approximate surface area is 95.8 Å². The van der Waals surface area contributed by atoms with Crippen LogP contribution in [0, 0.1) is 5.92 Å². The standard InChI is InChI=1S/C12H18N2O2/c1-8(2)12(3)11(15)13-10(14-12)9-6-4-5-7-16-9/h6,8H,4-5,7H2,1-3H3,(H,13,14,15). The molecule has 0 spiro atoms. The predicted molar refractivity (Wildman–Crippen MR) is 62.1 cm³/mol. The van der Waals surface area contributed by atoms with Gasteiger partial charge < -0.3 is 10.1 Å². The van der Waals surface area contributed by atoms with Gasteiger partial charge in [0.1, 0.15) is 5.54 Å². The molecule has 1 N–H and O–H groups in total. The van der Waals surface area contributed by atoms with E-state index < -0.39 is 5.54 Å². The first-order valence-electron chi connectivity index (χ1n) is 5.78. The van der Waals surface area contributed by atoms with E-state index in [9.17, 15) is 4.79 Å². The first-order chi connectivity index (χ1) is 7.54. The summed E-state index contributed by atoms with van der Waals surface area (Å²) < 4.78 is 5.50. The number of carbonyl (C=O) groups is 1. The van der Waals surface area contributed by atoms with Crippen LogP contribution in [0.25, 0.3) is 0 Å². The molecule has 0 aromatic rings. The highest BCUT2D eigenvalue weighted by molar-refractivity contribution is 6.14. The molecule has 2 aliphatic heterocycles. The van der Waals surface area contributed by atoms with E-state index in [0.29, 0.717) is 12.4 Å². The summed E-state index contributed by atoms with van der Waals surface area (Å²) >= 11 is 0. The fraction of sp³-hybridized carbons (Fsp3) is 0.667. The van der Waals surface area contributed by atoms with E-state index in [2.05, 4.69) is 10.3 Å². The molecular weight excluding hydrogens is 204 g/mol. The topological polar surface area (TPSA) is 50.7 Å². The Balaban J connectivity index is 2.25. The molecule has 0 aromatic carbocycles. The van der Waals surface area contributed by atoms with Crippen molar-refractivity contribution in [1.82, 2.24) is 5.32 Å². The molecule has 0 saturated heterocycles. The normalized spacial score (nSPS) is 29.6. The minimum Gasteiger partial charge on any atom is -0.490 e. The summed E-state index contributed by atoms with van der Waals surface area (Å²) in [6.07, 6.45) is 4.02. The number of carbonyl (C=O) groups excluding carboxylic acids is 1. The number of ether oxygens (including phenoxy) is 1. The van der Waals surface area contributed by atoms with E-state index in [-0.39, 0.29) is 11.8 Å². The van der Waals surface area contributed by atoms with E-state index in [4.69, 9.17) is 4.74 Å². The maximum atomic E-state index is 11.9. The lowest BCUT2D eigenvalue weighted by Crippen LogP contribution is -2.41. The van der Waals surface area contributed by atoms with Crippen LogP contribution in [0.1, 0.15) is 33.6 Å². The molecule has 16 heavy (non-hydrogen) atoms. The van der Waals surface area contributed by atoms with E-state index >= 15 is 0 Å². The molecule has 88 valence electrons. The Morgan fingerprint density at radius 3 is 2.81 bits per heavy atom. The summed E-state index contributed by atoms with van der Waals surface area (Å²) in [5, 5.41) is 2.81. The molecule has 0 aliphatic carbocycles. The quantitative estimate of drug-likeness (QED) is 0.772. The van der Waals surface area contributed by atoms with Crippen LogP contribution in [0.5, 0.6) is 0 Å². The van der Waals surface area contributed by atoms with Gasteiger partial charge in [0.2, 0.25) is 0 Å². The van der Waals surface area contributed by atoms with Crippen LogP contribution >= 0.6 is 0 Å². The van der Waals surface area contributed by atoms with Crippen molar-refractivity contribution in [3.8, 4) is 0 Å². The number of nitrogens with zero attached hydrogens (tertiary/aromatic N) is 1. The number of hydrogen-bond donors (Lipinski definition) is 1. The minimum atomic E-state index is -0.656. The maximum absolute atomic E-state index is 11.9. The van der Waals surface area contributed by atoms with Gasteiger partial charge in [-0.2, -0.15) is 0 Å². The molecule has 1 atom stereocenters. The van der Waals surface area contributed by atoms with Crippen LogP contribution in [0.3, 0.4) is 0 Å². The lowest BCUT2D eigenvalue weighted by atomic mass is 9.89. The number of rotatable bonds is 2. The Morgan fingerprint density at radius 1 is 1.56 bits per heavy atom. The van der Waals surface area contributed by atoms with Gasteiger partial charge in [-0.1, -0.05) is 13.8 Å². The van der Waals surface area contributed by atoms with Gasteiger partial charge in [0.25, 0.3) is 5.91 Å². The zero-order valence-electron chi connectivity index (χ0n) is 10.0. The number of amides is 1. The van der Waals surface area contributed by atoms with E-state index in [1.807, 2.05) is 26.8 Å². The highest BCUT2D eigenvalue weighted by Crippen LogP contribution is 2.27. The van der Waals surface area contributed by atoms with Crippen molar-refractivity contribution >= 4 is 11.7 Å². The molecule has 0 fully saturated rings. The molecule has 2 aliphatic rings. The van der Waals surface area contributed by atoms with Gasteiger partial charge in [0, 0.05) is 0 Å². The van der Waals surface area contributed by atoms with Crippen LogP contribution in [0.15, 0.2) is 16.8 Å². The fourth-order valence-electron chi connectivity index (χ4n) is 1.78. The predicted octanol–water partition coefficient (Wildman–Crippen LogP) is 1.62. The molecule has 0 aromatic heterocycles. The molecule has 1 amide bonds. The summed E-state index contributed by atoms with van der Waals surface area (Å²) in [4.78, 5) is 16.4. The number of amidine groups is 1. The molecule has 2 rings (SSSR count). The first-order valence-corrected chi connectivity index (χ1v) is 5.78. The number of nitrogens with one attached hydrogen (secondary N) is 1. The largest absolute Gasteiger partial charge is 0.490 e. The molecule has 0 saturated carbocycles. The van der Waals surface area contributed by atoms with Crippen molar-refractivity contribution in [2.45, 2.75) is 39.2 Å². The zero-order valence-corrected chi connectivity index (χ0v) is 10.0. The number of aliphatic imine (C=N–C) groups is 1. The van der Waals surface area contributed by atoms with Crippen molar-refractivity contribution in [3.05, 3.63) is 11.8 Å². The number of hydrogen-bond acceptors (Lipinski definition) is 3. The molecule has 4 nitrogen and oxygen atoms in total. The molecule has 0 radical (unpaired) electrons. The zero-order chi connectivity index (χ0) is 11.8. The third-order valence-corrected chi connectivity index (χ3v) is 3.33. The molecule has 0 bridgehead atoms. The second-order valence-corrected chi connectivity index (χ2v) is 4.78. The molecule has 4 heteroatoms. The number of allylic oxidation sites excluding steroid dienone is 1. The lowest BCUT2D eigenvalue weighted by molar-refractivity contribution is -0.124.